The summed E-state index contributed by atoms with van der Waals surface area (Å²) in [6, 6.07) is 0. The number of halogens is 1. The molecule has 60 valence electrons. The molecule has 0 saturated heterocycles. The molecular weight excluding hydrogens is 253 g/mol. The fourth-order valence-corrected chi connectivity index (χ4v) is 1.74. The molecule has 1 aromatic rings. The first-order valence-corrected chi connectivity index (χ1v) is 4.44. The monoisotopic (exact) mass is 263 g/mol. The van der Waals surface area contributed by atoms with Gasteiger partial charge in [-0.15, -0.1) is 0 Å². The number of nitrogens with zero attached hydrogens (tertiary/aromatic N) is 1. The van der Waals surface area contributed by atoms with E-state index < -0.39 is 0 Å². The fraction of sp³-hybridized carbons (Fsp3) is 0.375. The van der Waals surface area contributed by atoms with Crippen LogP contribution in [0.2, 0.25) is 0 Å². The lowest BCUT2D eigenvalue weighted by molar-refractivity contribution is 0.837. The molecule has 0 aliphatic rings. The zero-order valence-electron chi connectivity index (χ0n) is 6.81. The molecule has 3 heteroatoms. The summed E-state index contributed by atoms with van der Waals surface area (Å²) in [6.07, 6.45) is 1.86. The highest BCUT2D eigenvalue weighted by molar-refractivity contribution is 14.1. The van der Waals surface area contributed by atoms with Gasteiger partial charge >= 0.3 is 0 Å². The Morgan fingerprint density at radius 3 is 2.55 bits per heavy atom. The number of hydrogen-bond donors (Lipinski definition) is 0. The van der Waals surface area contributed by atoms with Crippen LogP contribution < -0.4 is 5.56 Å². The minimum atomic E-state index is 0.0914. The van der Waals surface area contributed by atoms with E-state index in [1.165, 1.54) is 0 Å². The summed E-state index contributed by atoms with van der Waals surface area (Å²) >= 11 is 2.09. The Bertz CT molecular complexity index is 341. The Morgan fingerprint density at radius 2 is 2.00 bits per heavy atom. The SMILES string of the molecule is Cc1cn(C)c(=O)c(I)c1C. The van der Waals surface area contributed by atoms with Crippen LogP contribution in [0.3, 0.4) is 0 Å². The van der Waals surface area contributed by atoms with E-state index >= 15 is 0 Å². The van der Waals surface area contributed by atoms with Crippen LogP contribution in [0.4, 0.5) is 0 Å². The van der Waals surface area contributed by atoms with Crippen LogP contribution in [-0.4, -0.2) is 4.57 Å². The maximum Gasteiger partial charge on any atom is 0.263 e. The molecule has 0 aliphatic carbocycles. The van der Waals surface area contributed by atoms with E-state index in [2.05, 4.69) is 22.6 Å². The van der Waals surface area contributed by atoms with Gasteiger partial charge in [0.25, 0.3) is 5.56 Å². The zero-order chi connectivity index (χ0) is 8.59. The summed E-state index contributed by atoms with van der Waals surface area (Å²) in [4.78, 5) is 11.3. The van der Waals surface area contributed by atoms with E-state index in [1.54, 1.807) is 11.6 Å². The van der Waals surface area contributed by atoms with Gasteiger partial charge in [-0.05, 0) is 47.6 Å². The number of aryl methyl sites for hydroxylation is 2. The molecule has 0 fully saturated rings. The third kappa shape index (κ3) is 1.47. The van der Waals surface area contributed by atoms with E-state index in [0.29, 0.717) is 0 Å². The van der Waals surface area contributed by atoms with E-state index in [0.717, 1.165) is 14.7 Å². The van der Waals surface area contributed by atoms with Gasteiger partial charge < -0.3 is 4.57 Å². The molecule has 0 aromatic carbocycles. The summed E-state index contributed by atoms with van der Waals surface area (Å²) in [5.41, 5.74) is 2.35. The van der Waals surface area contributed by atoms with Crippen molar-refractivity contribution in [1.29, 1.82) is 0 Å². The number of pyridine rings is 1. The van der Waals surface area contributed by atoms with Crippen LogP contribution in [0, 0.1) is 17.4 Å². The second kappa shape index (κ2) is 2.97. The number of hydrogen-bond acceptors (Lipinski definition) is 1. The molecule has 11 heavy (non-hydrogen) atoms. The molecule has 1 heterocycles. The van der Waals surface area contributed by atoms with Crippen LogP contribution >= 0.6 is 22.6 Å². The maximum absolute atomic E-state index is 11.3. The van der Waals surface area contributed by atoms with E-state index in [4.69, 9.17) is 0 Å². The highest BCUT2D eigenvalue weighted by Crippen LogP contribution is 2.09. The molecule has 0 N–H and O–H groups in total. The third-order valence-electron chi connectivity index (χ3n) is 1.82. The first-order chi connectivity index (χ1) is 5.04. The highest BCUT2D eigenvalue weighted by Gasteiger charge is 2.03. The average Bonchev–Trinajstić information content (AvgIpc) is 1.97. The Hall–Kier alpha value is -0.320. The Labute approximate surface area is 79.4 Å². The summed E-state index contributed by atoms with van der Waals surface area (Å²) in [7, 11) is 1.77. The third-order valence-corrected chi connectivity index (χ3v) is 3.09. The standard InChI is InChI=1S/C8H10INO/c1-5-4-10(3)8(11)7(9)6(5)2/h4H,1-3H3. The highest BCUT2D eigenvalue weighted by atomic mass is 127. The van der Waals surface area contributed by atoms with Gasteiger partial charge in [-0.3, -0.25) is 4.79 Å². The van der Waals surface area contributed by atoms with Gasteiger partial charge in [0.05, 0.1) is 3.57 Å². The quantitative estimate of drug-likeness (QED) is 0.652. The average molecular weight is 263 g/mol. The van der Waals surface area contributed by atoms with Crippen LogP contribution in [0.1, 0.15) is 11.1 Å². The molecule has 1 rings (SSSR count). The van der Waals surface area contributed by atoms with Crippen LogP contribution in [0.25, 0.3) is 0 Å². The summed E-state index contributed by atoms with van der Waals surface area (Å²) in [6.45, 7) is 3.98. The van der Waals surface area contributed by atoms with E-state index in [-0.39, 0.29) is 5.56 Å². The summed E-state index contributed by atoms with van der Waals surface area (Å²) < 4.78 is 2.44. The van der Waals surface area contributed by atoms with Crippen molar-refractivity contribution < 1.29 is 0 Å². The van der Waals surface area contributed by atoms with Crippen LogP contribution in [0.15, 0.2) is 11.0 Å². The van der Waals surface area contributed by atoms with Crippen molar-refractivity contribution in [3.63, 3.8) is 0 Å². The Balaban J connectivity index is 3.59. The lowest BCUT2D eigenvalue weighted by Gasteiger charge is -2.04. The Kier molecular flexibility index (Phi) is 2.37. The lowest BCUT2D eigenvalue weighted by atomic mass is 10.2. The predicted octanol–water partition coefficient (Wildman–Crippen LogP) is 1.61. The van der Waals surface area contributed by atoms with Crippen molar-refractivity contribution in [3.8, 4) is 0 Å². The van der Waals surface area contributed by atoms with Gasteiger partial charge in [0, 0.05) is 13.2 Å². The van der Waals surface area contributed by atoms with Crippen molar-refractivity contribution in [3.05, 3.63) is 31.2 Å². The smallest absolute Gasteiger partial charge is 0.263 e. The fourth-order valence-electron chi connectivity index (χ4n) is 0.934. The normalized spacial score (nSPS) is 10.2. The van der Waals surface area contributed by atoms with E-state index in [9.17, 15) is 4.79 Å². The first-order valence-electron chi connectivity index (χ1n) is 3.36. The van der Waals surface area contributed by atoms with Gasteiger partial charge in [-0.25, -0.2) is 0 Å². The molecule has 2 nitrogen and oxygen atoms in total. The summed E-state index contributed by atoms with van der Waals surface area (Å²) in [5.74, 6) is 0. The Morgan fingerprint density at radius 1 is 1.45 bits per heavy atom. The zero-order valence-corrected chi connectivity index (χ0v) is 8.97. The molecular formula is C8H10INO. The molecule has 1 aromatic heterocycles. The topological polar surface area (TPSA) is 22.0 Å². The maximum atomic E-state index is 11.3. The molecule has 0 aliphatic heterocycles. The molecule has 0 atom stereocenters. The van der Waals surface area contributed by atoms with Gasteiger partial charge in [0.15, 0.2) is 0 Å². The van der Waals surface area contributed by atoms with Crippen LogP contribution in [0.5, 0.6) is 0 Å². The molecule has 0 amide bonds. The molecule has 0 bridgehead atoms. The van der Waals surface area contributed by atoms with Gasteiger partial charge in [-0.1, -0.05) is 0 Å². The van der Waals surface area contributed by atoms with Crippen molar-refractivity contribution >= 4 is 22.6 Å². The first kappa shape index (κ1) is 8.77. The largest absolute Gasteiger partial charge is 0.317 e. The minimum absolute atomic E-state index is 0.0914. The summed E-state index contributed by atoms with van der Waals surface area (Å²) in [5, 5.41) is 0. The second-order valence-electron chi connectivity index (χ2n) is 2.67. The molecule has 0 spiro atoms. The molecule has 0 radical (unpaired) electrons. The predicted molar refractivity (Wildman–Crippen MR) is 53.9 cm³/mol. The van der Waals surface area contributed by atoms with Crippen molar-refractivity contribution in [2.24, 2.45) is 7.05 Å². The van der Waals surface area contributed by atoms with Crippen molar-refractivity contribution in [2.75, 3.05) is 0 Å². The van der Waals surface area contributed by atoms with Crippen molar-refractivity contribution in [2.45, 2.75) is 13.8 Å². The molecule has 0 saturated carbocycles. The number of aromatic nitrogens is 1. The van der Waals surface area contributed by atoms with Crippen molar-refractivity contribution in [1.82, 2.24) is 4.57 Å². The lowest BCUT2D eigenvalue weighted by Crippen LogP contribution is -2.20. The van der Waals surface area contributed by atoms with Gasteiger partial charge in [0.1, 0.15) is 0 Å². The van der Waals surface area contributed by atoms with Crippen LogP contribution in [-0.2, 0) is 7.05 Å². The van der Waals surface area contributed by atoms with Gasteiger partial charge in [0.2, 0.25) is 0 Å². The second-order valence-corrected chi connectivity index (χ2v) is 3.75. The minimum Gasteiger partial charge on any atom is -0.317 e. The van der Waals surface area contributed by atoms with E-state index in [1.807, 2.05) is 20.0 Å². The number of rotatable bonds is 0. The van der Waals surface area contributed by atoms with Gasteiger partial charge in [-0.2, -0.15) is 0 Å². The molecule has 0 unspecified atom stereocenters.